The Balaban J connectivity index is 0.00000225. The molecule has 1 aromatic heterocycles. The van der Waals surface area contributed by atoms with Gasteiger partial charge in [0.15, 0.2) is 5.69 Å². The summed E-state index contributed by atoms with van der Waals surface area (Å²) in [4.78, 5) is 0. The smallest absolute Gasteiger partial charge is 0.573 e. The molecule has 3 aromatic rings. The molecular formula is C20H18BrF3N2O2. The molecule has 0 bridgehead atoms. The number of fused-ring (bicyclic) bond motifs is 1. The quantitative estimate of drug-likeness (QED) is 0.555. The molecule has 28 heavy (non-hydrogen) atoms. The zero-order chi connectivity index (χ0) is 19.0. The Bertz CT molecular complexity index is 951. The van der Waals surface area contributed by atoms with E-state index in [9.17, 15) is 13.2 Å². The molecule has 1 aliphatic heterocycles. The molecule has 0 amide bonds. The van der Waals surface area contributed by atoms with Crippen LogP contribution in [0.3, 0.4) is 0 Å². The van der Waals surface area contributed by atoms with Crippen molar-refractivity contribution in [1.82, 2.24) is 4.57 Å². The predicted octanol–water partition coefficient (Wildman–Crippen LogP) is 1.29. The Labute approximate surface area is 170 Å². The normalized spacial score (nSPS) is 13.0. The highest BCUT2D eigenvalue weighted by Crippen LogP contribution is 2.30. The summed E-state index contributed by atoms with van der Waals surface area (Å²) >= 11 is 0. The summed E-state index contributed by atoms with van der Waals surface area (Å²) in [5.41, 5.74) is 2.73. The van der Waals surface area contributed by atoms with Crippen LogP contribution in [0.15, 0.2) is 54.7 Å². The third kappa shape index (κ3) is 4.01. The zero-order valence-corrected chi connectivity index (χ0v) is 16.6. The summed E-state index contributed by atoms with van der Waals surface area (Å²) in [7, 11) is 1.62. The second kappa shape index (κ2) is 7.87. The van der Waals surface area contributed by atoms with E-state index in [0.29, 0.717) is 0 Å². The van der Waals surface area contributed by atoms with E-state index in [0.717, 1.165) is 42.1 Å². The van der Waals surface area contributed by atoms with E-state index in [1.807, 2.05) is 30.5 Å². The zero-order valence-electron chi connectivity index (χ0n) is 15.0. The molecule has 0 unspecified atom stereocenters. The van der Waals surface area contributed by atoms with Gasteiger partial charge in [-0.25, -0.2) is 4.57 Å². The van der Waals surface area contributed by atoms with Gasteiger partial charge in [-0.15, -0.1) is 13.2 Å². The summed E-state index contributed by atoms with van der Waals surface area (Å²) in [5, 5.41) is 0. The highest BCUT2D eigenvalue weighted by atomic mass is 79.9. The van der Waals surface area contributed by atoms with E-state index in [1.165, 1.54) is 18.0 Å². The lowest BCUT2D eigenvalue weighted by atomic mass is 10.1. The minimum atomic E-state index is -4.69. The maximum Gasteiger partial charge on any atom is 0.573 e. The number of methoxy groups -OCH3 is 1. The molecule has 2 aromatic carbocycles. The summed E-state index contributed by atoms with van der Waals surface area (Å²) in [6.45, 7) is 0.931. The van der Waals surface area contributed by atoms with Crippen LogP contribution < -0.4 is 31.0 Å². The Morgan fingerprint density at radius 1 is 0.964 bits per heavy atom. The van der Waals surface area contributed by atoms with Crippen molar-refractivity contribution in [2.75, 3.05) is 7.11 Å². The standard InChI is InChI=1S/C20H18F3N2O2.BrH/c1-26-16-10-6-15(7-11-16)25-18(13-24-12-2-3-19(24)25)14-4-8-17(9-5-14)27-20(21,22)23;/h4-11,13H,2-3,12H2,1H3;1H/q+1;/p-1. The third-order valence-corrected chi connectivity index (χ3v) is 4.62. The van der Waals surface area contributed by atoms with Crippen LogP contribution in [0, 0.1) is 0 Å². The van der Waals surface area contributed by atoms with Gasteiger partial charge in [0, 0.05) is 5.56 Å². The van der Waals surface area contributed by atoms with Crippen molar-refractivity contribution >= 4 is 0 Å². The van der Waals surface area contributed by atoms with E-state index < -0.39 is 6.36 Å². The van der Waals surface area contributed by atoms with Gasteiger partial charge in [0.25, 0.3) is 5.82 Å². The second-order valence-electron chi connectivity index (χ2n) is 6.33. The molecule has 0 saturated carbocycles. The first-order valence-electron chi connectivity index (χ1n) is 8.59. The number of imidazole rings is 1. The van der Waals surface area contributed by atoms with Crippen molar-refractivity contribution < 1.29 is 44.2 Å². The van der Waals surface area contributed by atoms with Crippen molar-refractivity contribution in [2.45, 2.75) is 25.7 Å². The number of benzene rings is 2. The number of hydrogen-bond acceptors (Lipinski definition) is 2. The van der Waals surface area contributed by atoms with Gasteiger partial charge in [-0.05, 0) is 55.0 Å². The van der Waals surface area contributed by atoms with E-state index in [4.69, 9.17) is 4.74 Å². The summed E-state index contributed by atoms with van der Waals surface area (Å²) in [6.07, 6.45) is -0.626. The van der Waals surface area contributed by atoms with Crippen LogP contribution in [-0.2, 0) is 13.0 Å². The Kier molecular flexibility index (Phi) is 5.69. The van der Waals surface area contributed by atoms with Gasteiger partial charge < -0.3 is 26.5 Å². The molecule has 0 saturated heterocycles. The van der Waals surface area contributed by atoms with Crippen LogP contribution in [0.4, 0.5) is 13.2 Å². The van der Waals surface area contributed by atoms with E-state index >= 15 is 0 Å². The molecule has 1 aliphatic rings. The van der Waals surface area contributed by atoms with E-state index in [2.05, 4.69) is 13.9 Å². The van der Waals surface area contributed by atoms with Crippen LogP contribution in [0.2, 0.25) is 0 Å². The van der Waals surface area contributed by atoms with Crippen LogP contribution in [0.25, 0.3) is 16.9 Å². The van der Waals surface area contributed by atoms with Crippen molar-refractivity contribution in [3.63, 3.8) is 0 Å². The molecule has 0 atom stereocenters. The second-order valence-corrected chi connectivity index (χ2v) is 6.33. The minimum Gasteiger partial charge on any atom is -1.00 e. The van der Waals surface area contributed by atoms with Gasteiger partial charge >= 0.3 is 6.36 Å². The molecule has 8 heteroatoms. The summed E-state index contributed by atoms with van der Waals surface area (Å²) in [5.74, 6) is 1.71. The number of aryl methyl sites for hydroxylation is 1. The highest BCUT2D eigenvalue weighted by molar-refractivity contribution is 5.63. The lowest BCUT2D eigenvalue weighted by molar-refractivity contribution is -0.689. The van der Waals surface area contributed by atoms with Crippen molar-refractivity contribution in [1.29, 1.82) is 0 Å². The van der Waals surface area contributed by atoms with Gasteiger partial charge in [0.2, 0.25) is 0 Å². The van der Waals surface area contributed by atoms with Crippen LogP contribution in [0.5, 0.6) is 11.5 Å². The average molecular weight is 455 g/mol. The fraction of sp³-hybridized carbons (Fsp3) is 0.250. The van der Waals surface area contributed by atoms with Gasteiger partial charge in [0.05, 0.1) is 20.1 Å². The predicted molar refractivity (Wildman–Crippen MR) is 93.0 cm³/mol. The fourth-order valence-corrected chi connectivity index (χ4v) is 3.45. The number of hydrogen-bond donors (Lipinski definition) is 0. The lowest BCUT2D eigenvalue weighted by Gasteiger charge is -2.09. The number of aromatic nitrogens is 2. The molecule has 0 N–H and O–H groups in total. The SMILES string of the molecule is COc1ccc(-n2c(-c3ccc(OC(F)(F)F)cc3)c[n+]3c2CCC3)cc1.[Br-]. The number of halogens is 4. The van der Waals surface area contributed by atoms with E-state index in [-0.39, 0.29) is 22.7 Å². The van der Waals surface area contributed by atoms with Crippen LogP contribution in [-0.4, -0.2) is 18.0 Å². The third-order valence-electron chi connectivity index (χ3n) is 4.62. The molecule has 0 radical (unpaired) electrons. The number of rotatable bonds is 4. The van der Waals surface area contributed by atoms with Gasteiger partial charge in [-0.3, -0.25) is 0 Å². The molecule has 4 rings (SSSR count). The minimum absolute atomic E-state index is 0. The maximum atomic E-state index is 12.4. The molecule has 0 spiro atoms. The summed E-state index contributed by atoms with van der Waals surface area (Å²) in [6, 6.07) is 13.7. The average Bonchev–Trinajstić information content (AvgIpc) is 3.22. The van der Waals surface area contributed by atoms with Gasteiger partial charge in [-0.2, -0.15) is 4.57 Å². The van der Waals surface area contributed by atoms with Crippen molar-refractivity contribution in [3.05, 3.63) is 60.6 Å². The molecular weight excluding hydrogens is 437 g/mol. The number of alkyl halides is 3. The van der Waals surface area contributed by atoms with E-state index in [1.54, 1.807) is 19.2 Å². The summed E-state index contributed by atoms with van der Waals surface area (Å²) < 4.78 is 50.7. The first-order chi connectivity index (χ1) is 12.9. The van der Waals surface area contributed by atoms with Crippen molar-refractivity contribution in [3.8, 4) is 28.4 Å². The first-order valence-corrected chi connectivity index (χ1v) is 8.59. The Hall–Kier alpha value is -2.48. The van der Waals surface area contributed by atoms with Crippen LogP contribution >= 0.6 is 0 Å². The van der Waals surface area contributed by atoms with Gasteiger partial charge in [0.1, 0.15) is 23.4 Å². The van der Waals surface area contributed by atoms with Crippen LogP contribution in [0.1, 0.15) is 12.2 Å². The first kappa shape index (κ1) is 20.3. The van der Waals surface area contributed by atoms with Gasteiger partial charge in [-0.1, -0.05) is 0 Å². The number of ether oxygens (including phenoxy) is 2. The molecule has 4 nitrogen and oxygen atoms in total. The van der Waals surface area contributed by atoms with Crippen molar-refractivity contribution in [2.24, 2.45) is 0 Å². The topological polar surface area (TPSA) is 27.3 Å². The maximum absolute atomic E-state index is 12.4. The number of nitrogens with zero attached hydrogens (tertiary/aromatic N) is 2. The fourth-order valence-electron chi connectivity index (χ4n) is 3.45. The Morgan fingerprint density at radius 2 is 1.61 bits per heavy atom. The molecule has 2 heterocycles. The Morgan fingerprint density at radius 3 is 2.21 bits per heavy atom. The molecule has 0 aliphatic carbocycles. The molecule has 0 fully saturated rings. The monoisotopic (exact) mass is 454 g/mol. The molecule has 148 valence electrons. The highest BCUT2D eigenvalue weighted by Gasteiger charge is 2.32. The largest absolute Gasteiger partial charge is 1.00 e. The lowest BCUT2D eigenvalue weighted by Crippen LogP contribution is -3.00.